The van der Waals surface area contributed by atoms with E-state index in [2.05, 4.69) is 73.9 Å². The smallest absolute Gasteiger partial charge is 0.412 e. The van der Waals surface area contributed by atoms with Crippen molar-refractivity contribution in [3.05, 3.63) is 51.3 Å². The van der Waals surface area contributed by atoms with Gasteiger partial charge < -0.3 is 9.84 Å². The van der Waals surface area contributed by atoms with E-state index in [9.17, 15) is 9.90 Å². The van der Waals surface area contributed by atoms with Crippen molar-refractivity contribution >= 4 is 35.8 Å². The van der Waals surface area contributed by atoms with Gasteiger partial charge in [-0.2, -0.15) is 0 Å². The van der Waals surface area contributed by atoms with Crippen LogP contribution in [0.15, 0.2) is 28.9 Å². The van der Waals surface area contributed by atoms with Gasteiger partial charge in [0.1, 0.15) is 13.8 Å². The largest absolute Gasteiger partial charge is 0.496 e. The SMILES string of the molecule is COc1c(C)cnc(CN(C(=O)O)c2cc(Br)cc(C#C[Si](C(C)C)(C(C)C)C(C)C)c2)c1C. The number of pyridine rings is 1. The van der Waals surface area contributed by atoms with Crippen molar-refractivity contribution < 1.29 is 14.6 Å². The van der Waals surface area contributed by atoms with E-state index in [1.54, 1.807) is 19.4 Å². The summed E-state index contributed by atoms with van der Waals surface area (Å²) >= 11 is 3.56. The van der Waals surface area contributed by atoms with Gasteiger partial charge in [-0.1, -0.05) is 63.4 Å². The molecular weight excluding hydrogens is 508 g/mol. The topological polar surface area (TPSA) is 62.7 Å². The molecule has 5 nitrogen and oxygen atoms in total. The molecule has 2 aromatic rings. The van der Waals surface area contributed by atoms with Crippen LogP contribution in [0.3, 0.4) is 0 Å². The van der Waals surface area contributed by atoms with Crippen molar-refractivity contribution in [2.24, 2.45) is 0 Å². The lowest BCUT2D eigenvalue weighted by Gasteiger charge is -2.38. The summed E-state index contributed by atoms with van der Waals surface area (Å²) in [5, 5.41) is 10.0. The van der Waals surface area contributed by atoms with Crippen molar-refractivity contribution in [1.29, 1.82) is 0 Å². The Morgan fingerprint density at radius 1 is 1.12 bits per heavy atom. The Morgan fingerprint density at radius 3 is 2.21 bits per heavy atom. The Labute approximate surface area is 214 Å². The number of hydrogen-bond acceptors (Lipinski definition) is 3. The van der Waals surface area contributed by atoms with E-state index >= 15 is 0 Å². The van der Waals surface area contributed by atoms with Crippen LogP contribution in [0.5, 0.6) is 5.75 Å². The Hall–Kier alpha value is -2.30. The Balaban J connectivity index is 2.55. The van der Waals surface area contributed by atoms with E-state index in [0.717, 1.165) is 26.9 Å². The summed E-state index contributed by atoms with van der Waals surface area (Å²) in [6, 6.07) is 5.61. The quantitative estimate of drug-likeness (QED) is 0.286. The number of carbonyl (C=O) groups is 1. The van der Waals surface area contributed by atoms with E-state index in [-0.39, 0.29) is 6.54 Å². The summed E-state index contributed by atoms with van der Waals surface area (Å²) < 4.78 is 6.29. The van der Waals surface area contributed by atoms with Gasteiger partial charge in [0, 0.05) is 33.0 Å². The van der Waals surface area contributed by atoms with Crippen LogP contribution < -0.4 is 9.64 Å². The van der Waals surface area contributed by atoms with Crippen molar-refractivity contribution in [3.63, 3.8) is 0 Å². The summed E-state index contributed by atoms with van der Waals surface area (Å²) in [4.78, 5) is 18.1. The van der Waals surface area contributed by atoms with Crippen LogP contribution in [0, 0.1) is 25.3 Å². The van der Waals surface area contributed by atoms with Crippen LogP contribution >= 0.6 is 15.9 Å². The molecule has 0 aliphatic rings. The fourth-order valence-corrected chi connectivity index (χ4v) is 10.8. The molecule has 0 bridgehead atoms. The fraction of sp³-hybridized carbons (Fsp3) is 0.481. The number of hydrogen-bond donors (Lipinski definition) is 1. The van der Waals surface area contributed by atoms with Crippen LogP contribution in [-0.4, -0.2) is 31.4 Å². The first-order valence-corrected chi connectivity index (χ1v) is 14.7. The molecule has 0 aliphatic heterocycles. The molecule has 0 aliphatic carbocycles. The molecule has 0 fully saturated rings. The maximum absolute atomic E-state index is 12.3. The highest BCUT2D eigenvalue weighted by molar-refractivity contribution is 9.10. The molecule has 1 amide bonds. The highest BCUT2D eigenvalue weighted by Gasteiger charge is 2.41. The molecule has 0 radical (unpaired) electrons. The maximum atomic E-state index is 12.3. The minimum atomic E-state index is -1.91. The van der Waals surface area contributed by atoms with Crippen LogP contribution in [-0.2, 0) is 6.54 Å². The molecule has 0 spiro atoms. The zero-order chi connectivity index (χ0) is 25.8. The van der Waals surface area contributed by atoms with E-state index in [4.69, 9.17) is 4.74 Å². The number of carboxylic acid groups (broad SMARTS) is 1. The van der Waals surface area contributed by atoms with Crippen molar-refractivity contribution in [1.82, 2.24) is 4.98 Å². The second kappa shape index (κ2) is 11.4. The van der Waals surface area contributed by atoms with E-state index in [1.807, 2.05) is 26.0 Å². The van der Waals surface area contributed by atoms with Crippen molar-refractivity contribution in [3.8, 4) is 17.2 Å². The lowest BCUT2D eigenvalue weighted by atomic mass is 10.1. The lowest BCUT2D eigenvalue weighted by Crippen LogP contribution is -2.43. The molecule has 1 N–H and O–H groups in total. The number of nitrogens with zero attached hydrogens (tertiary/aromatic N) is 2. The average molecular weight is 546 g/mol. The van der Waals surface area contributed by atoms with Gasteiger partial charge >= 0.3 is 6.09 Å². The van der Waals surface area contributed by atoms with E-state index in [1.165, 1.54) is 4.90 Å². The number of benzene rings is 1. The summed E-state index contributed by atoms with van der Waals surface area (Å²) in [7, 11) is -0.296. The molecule has 1 aromatic heterocycles. The Kier molecular flexibility index (Phi) is 9.38. The highest BCUT2D eigenvalue weighted by Crippen LogP contribution is 2.41. The van der Waals surface area contributed by atoms with Gasteiger partial charge in [0.15, 0.2) is 0 Å². The number of anilines is 1. The lowest BCUT2D eigenvalue weighted by molar-refractivity contribution is 0.201. The zero-order valence-corrected chi connectivity index (χ0v) is 24.4. The van der Waals surface area contributed by atoms with Gasteiger partial charge in [-0.05, 0) is 48.7 Å². The number of halogens is 1. The van der Waals surface area contributed by atoms with Gasteiger partial charge in [0.05, 0.1) is 19.3 Å². The predicted octanol–water partition coefficient (Wildman–Crippen LogP) is 7.72. The van der Waals surface area contributed by atoms with Gasteiger partial charge in [0.2, 0.25) is 0 Å². The maximum Gasteiger partial charge on any atom is 0.412 e. The second-order valence-electron chi connectivity index (χ2n) is 9.76. The number of ether oxygens (including phenoxy) is 1. The standard InChI is InChI=1S/C27H37BrN2O3Si/c1-17(2)34(18(3)4,19(5)6)11-10-22-12-23(28)14-24(13-22)30(27(31)32)16-25-21(8)26(33-9)20(7)15-29-25/h12-15,17-19H,16H2,1-9H3,(H,31,32). The minimum absolute atomic E-state index is 0.115. The van der Waals surface area contributed by atoms with Crippen LogP contribution in [0.1, 0.15) is 63.9 Å². The number of rotatable bonds is 7. The first kappa shape index (κ1) is 27.9. The fourth-order valence-electron chi connectivity index (χ4n) is 5.07. The first-order valence-electron chi connectivity index (χ1n) is 11.7. The summed E-state index contributed by atoms with van der Waals surface area (Å²) in [5.74, 6) is 4.16. The monoisotopic (exact) mass is 544 g/mol. The number of amides is 1. The number of methoxy groups -OCH3 is 1. The number of aryl methyl sites for hydroxylation is 1. The van der Waals surface area contributed by atoms with Crippen LogP contribution in [0.2, 0.25) is 16.6 Å². The summed E-state index contributed by atoms with van der Waals surface area (Å²) in [5.41, 5.74) is 9.06. The summed E-state index contributed by atoms with van der Waals surface area (Å²) in [6.45, 7) is 17.6. The van der Waals surface area contributed by atoms with E-state index < -0.39 is 14.2 Å². The normalized spacial score (nSPS) is 11.6. The molecule has 34 heavy (non-hydrogen) atoms. The average Bonchev–Trinajstić information content (AvgIpc) is 2.72. The molecule has 0 saturated carbocycles. The van der Waals surface area contributed by atoms with Gasteiger partial charge in [-0.3, -0.25) is 9.88 Å². The first-order chi connectivity index (χ1) is 15.8. The zero-order valence-electron chi connectivity index (χ0n) is 21.8. The third-order valence-corrected chi connectivity index (χ3v) is 13.5. The van der Waals surface area contributed by atoms with Gasteiger partial charge in [-0.15, -0.1) is 5.54 Å². The highest BCUT2D eigenvalue weighted by atomic mass is 79.9. The van der Waals surface area contributed by atoms with E-state index in [0.29, 0.717) is 28.0 Å². The second-order valence-corrected chi connectivity index (χ2v) is 16.3. The third-order valence-electron chi connectivity index (χ3n) is 6.77. The van der Waals surface area contributed by atoms with Crippen LogP contribution in [0.25, 0.3) is 0 Å². The third kappa shape index (κ3) is 5.84. The molecule has 184 valence electrons. The number of aromatic nitrogens is 1. The van der Waals surface area contributed by atoms with Crippen molar-refractivity contribution in [2.75, 3.05) is 12.0 Å². The van der Waals surface area contributed by atoms with Crippen LogP contribution in [0.4, 0.5) is 10.5 Å². The Bertz CT molecular complexity index is 1080. The van der Waals surface area contributed by atoms with Gasteiger partial charge in [-0.25, -0.2) is 4.79 Å². The molecule has 0 unspecified atom stereocenters. The molecular formula is C27H37BrN2O3Si. The summed E-state index contributed by atoms with van der Waals surface area (Å²) in [6.07, 6.45) is 0.667. The molecule has 0 atom stereocenters. The molecule has 2 rings (SSSR count). The molecule has 1 aromatic carbocycles. The molecule has 7 heteroatoms. The Morgan fingerprint density at radius 2 is 1.71 bits per heavy atom. The predicted molar refractivity (Wildman–Crippen MR) is 147 cm³/mol. The van der Waals surface area contributed by atoms with Gasteiger partial charge in [0.25, 0.3) is 0 Å². The molecule has 1 heterocycles. The minimum Gasteiger partial charge on any atom is -0.496 e. The van der Waals surface area contributed by atoms with Crippen molar-refractivity contribution in [2.45, 2.75) is 78.6 Å². The molecule has 0 saturated heterocycles.